The van der Waals surface area contributed by atoms with Gasteiger partial charge in [-0.25, -0.2) is 17.2 Å². The number of halogens is 3. The summed E-state index contributed by atoms with van der Waals surface area (Å²) in [6, 6.07) is 11.6. The van der Waals surface area contributed by atoms with Crippen molar-refractivity contribution in [2.75, 3.05) is 18.0 Å². The number of anilines is 1. The molecule has 3 aromatic carbocycles. The highest BCUT2D eigenvalue weighted by atomic mass is 35.5. The van der Waals surface area contributed by atoms with E-state index in [0.717, 1.165) is 22.5 Å². The van der Waals surface area contributed by atoms with E-state index in [9.17, 15) is 22.3 Å². The van der Waals surface area contributed by atoms with E-state index in [2.05, 4.69) is 0 Å². The highest BCUT2D eigenvalue weighted by Gasteiger charge is 2.36. The summed E-state index contributed by atoms with van der Waals surface area (Å²) in [5.74, 6) is -1.15. The van der Waals surface area contributed by atoms with Crippen molar-refractivity contribution in [1.29, 1.82) is 0 Å². The molecule has 1 aliphatic heterocycles. The minimum absolute atomic E-state index is 0.167. The summed E-state index contributed by atoms with van der Waals surface area (Å²) in [5, 5.41) is 10.1. The number of aliphatic hydroxyl groups excluding tert-OH is 1. The van der Waals surface area contributed by atoms with Gasteiger partial charge in [0.05, 0.1) is 35.4 Å². The van der Waals surface area contributed by atoms with Gasteiger partial charge in [-0.05, 0) is 60.5 Å². The third-order valence-electron chi connectivity index (χ3n) is 5.78. The van der Waals surface area contributed by atoms with Gasteiger partial charge in [0.25, 0.3) is 10.0 Å². The number of aliphatic hydroxyl groups is 1. The van der Waals surface area contributed by atoms with Gasteiger partial charge in [0, 0.05) is 17.7 Å². The summed E-state index contributed by atoms with van der Waals surface area (Å²) >= 11 is 6.07. The minimum atomic E-state index is -4.22. The molecule has 0 aliphatic carbocycles. The van der Waals surface area contributed by atoms with Crippen LogP contribution in [-0.4, -0.2) is 33.3 Å². The van der Waals surface area contributed by atoms with E-state index in [1.54, 1.807) is 31.2 Å². The van der Waals surface area contributed by atoms with Gasteiger partial charge in [-0.15, -0.1) is 0 Å². The molecule has 0 unspecified atom stereocenters. The second-order valence-electron chi connectivity index (χ2n) is 7.86. The molecule has 1 aliphatic rings. The Balaban J connectivity index is 1.76. The molecule has 0 radical (unpaired) electrons. The first kappa shape index (κ1) is 25.0. The third kappa shape index (κ3) is 4.71. The Morgan fingerprint density at radius 1 is 1.09 bits per heavy atom. The lowest BCUT2D eigenvalue weighted by molar-refractivity contribution is 0.300. The first-order valence-corrected chi connectivity index (χ1v) is 12.4. The van der Waals surface area contributed by atoms with Crippen LogP contribution in [0.5, 0.6) is 11.5 Å². The summed E-state index contributed by atoms with van der Waals surface area (Å²) in [4.78, 5) is -0.183. The van der Waals surface area contributed by atoms with Crippen LogP contribution >= 0.6 is 11.6 Å². The van der Waals surface area contributed by atoms with Gasteiger partial charge in [0.1, 0.15) is 18.2 Å². The maximum atomic E-state index is 14.1. The molecule has 10 heteroatoms. The fourth-order valence-corrected chi connectivity index (χ4v) is 5.77. The number of hydrogen-bond acceptors (Lipinski definition) is 5. The number of fused-ring (bicyclic) bond motifs is 1. The number of methoxy groups -OCH3 is 1. The summed E-state index contributed by atoms with van der Waals surface area (Å²) in [5.41, 5.74) is 1.46. The lowest BCUT2D eigenvalue weighted by Crippen LogP contribution is -2.42. The third-order valence-corrected chi connectivity index (χ3v) is 8.01. The lowest BCUT2D eigenvalue weighted by Gasteiger charge is -2.36. The van der Waals surface area contributed by atoms with Gasteiger partial charge < -0.3 is 14.6 Å². The van der Waals surface area contributed by atoms with Crippen LogP contribution in [0.15, 0.2) is 65.1 Å². The van der Waals surface area contributed by atoms with E-state index in [4.69, 9.17) is 21.1 Å². The number of sulfonamides is 1. The van der Waals surface area contributed by atoms with Crippen LogP contribution in [-0.2, 0) is 16.6 Å². The van der Waals surface area contributed by atoms with Gasteiger partial charge in [-0.1, -0.05) is 17.7 Å². The molecule has 6 nitrogen and oxygen atoms in total. The Bertz CT molecular complexity index is 1390. The standard InChI is InChI=1S/C25H22ClF2NO5S/c1-15-17(13-30)10-16-6-7-18(34-14-20-21(26)4-3-5-22(20)27)11-24(16)29(15)35(31,32)19-8-9-23(28)25(12-19)33-2/h3-12,15,30H,13-14H2,1-2H3/t15-/m1/s1. The summed E-state index contributed by atoms with van der Waals surface area (Å²) in [7, 11) is -2.97. The summed E-state index contributed by atoms with van der Waals surface area (Å²) < 4.78 is 67.3. The molecular weight excluding hydrogens is 500 g/mol. The van der Waals surface area contributed by atoms with Crippen molar-refractivity contribution >= 4 is 33.4 Å². The van der Waals surface area contributed by atoms with E-state index in [-0.39, 0.29) is 45.9 Å². The van der Waals surface area contributed by atoms with Crippen LogP contribution < -0.4 is 13.8 Å². The van der Waals surface area contributed by atoms with Gasteiger partial charge in [0.2, 0.25) is 0 Å². The van der Waals surface area contributed by atoms with E-state index in [1.165, 1.54) is 25.3 Å². The average Bonchev–Trinajstić information content (AvgIpc) is 2.83. The molecule has 0 aromatic heterocycles. The average molecular weight is 522 g/mol. The molecule has 1 heterocycles. The monoisotopic (exact) mass is 521 g/mol. The highest BCUT2D eigenvalue weighted by Crippen LogP contribution is 2.39. The quantitative estimate of drug-likeness (QED) is 0.464. The largest absolute Gasteiger partial charge is 0.494 e. The summed E-state index contributed by atoms with van der Waals surface area (Å²) in [6.45, 7) is 1.11. The molecule has 4 rings (SSSR count). The predicted octanol–water partition coefficient (Wildman–Crippen LogP) is 5.18. The fourth-order valence-electron chi connectivity index (χ4n) is 3.86. The second-order valence-corrected chi connectivity index (χ2v) is 10.1. The van der Waals surface area contributed by atoms with Gasteiger partial charge >= 0.3 is 0 Å². The number of ether oxygens (including phenoxy) is 2. The van der Waals surface area contributed by atoms with Gasteiger partial charge in [0.15, 0.2) is 11.6 Å². The van der Waals surface area contributed by atoms with E-state index >= 15 is 0 Å². The van der Waals surface area contributed by atoms with Crippen molar-refractivity contribution in [3.63, 3.8) is 0 Å². The first-order valence-electron chi connectivity index (χ1n) is 10.6. The van der Waals surface area contributed by atoms with E-state index in [0.29, 0.717) is 11.1 Å². The Hall–Kier alpha value is -3.14. The van der Waals surface area contributed by atoms with Crippen LogP contribution in [0.3, 0.4) is 0 Å². The zero-order valence-electron chi connectivity index (χ0n) is 18.8. The molecule has 0 bridgehead atoms. The molecule has 0 fully saturated rings. The zero-order chi connectivity index (χ0) is 25.3. The first-order chi connectivity index (χ1) is 16.7. The predicted molar refractivity (Wildman–Crippen MR) is 129 cm³/mol. The van der Waals surface area contributed by atoms with Crippen molar-refractivity contribution in [3.05, 3.63) is 88.0 Å². The molecule has 0 spiro atoms. The lowest BCUT2D eigenvalue weighted by atomic mass is 9.99. The van der Waals surface area contributed by atoms with Crippen LogP contribution in [0.1, 0.15) is 18.1 Å². The molecule has 3 aromatic rings. The molecular formula is C25H22ClF2NO5S. The van der Waals surface area contributed by atoms with Crippen molar-refractivity contribution in [2.45, 2.75) is 24.5 Å². The Morgan fingerprint density at radius 3 is 2.54 bits per heavy atom. The molecule has 1 N–H and O–H groups in total. The molecule has 0 saturated heterocycles. The van der Waals surface area contributed by atoms with Crippen molar-refractivity contribution in [2.24, 2.45) is 0 Å². The minimum Gasteiger partial charge on any atom is -0.494 e. The maximum Gasteiger partial charge on any atom is 0.265 e. The van der Waals surface area contributed by atoms with Crippen LogP contribution in [0.4, 0.5) is 14.5 Å². The van der Waals surface area contributed by atoms with E-state index < -0.39 is 27.7 Å². The molecule has 35 heavy (non-hydrogen) atoms. The van der Waals surface area contributed by atoms with Crippen LogP contribution in [0, 0.1) is 11.6 Å². The fraction of sp³-hybridized carbons (Fsp3) is 0.200. The smallest absolute Gasteiger partial charge is 0.265 e. The van der Waals surface area contributed by atoms with Crippen molar-refractivity contribution in [1.82, 2.24) is 0 Å². The Morgan fingerprint density at radius 2 is 1.86 bits per heavy atom. The molecule has 0 saturated carbocycles. The number of hydrogen-bond donors (Lipinski definition) is 1. The van der Waals surface area contributed by atoms with Crippen LogP contribution in [0.2, 0.25) is 5.02 Å². The summed E-state index contributed by atoms with van der Waals surface area (Å²) in [6.07, 6.45) is 1.70. The highest BCUT2D eigenvalue weighted by molar-refractivity contribution is 7.92. The second kappa shape index (κ2) is 9.85. The Labute approximate surface area is 207 Å². The zero-order valence-corrected chi connectivity index (χ0v) is 20.4. The number of nitrogens with zero attached hydrogens (tertiary/aromatic N) is 1. The normalized spacial score (nSPS) is 15.4. The van der Waals surface area contributed by atoms with Crippen molar-refractivity contribution < 1.29 is 31.8 Å². The molecule has 0 amide bonds. The Kier molecular flexibility index (Phi) is 7.02. The number of rotatable bonds is 7. The van der Waals surface area contributed by atoms with Crippen LogP contribution in [0.25, 0.3) is 6.08 Å². The van der Waals surface area contributed by atoms with Gasteiger partial charge in [-0.3, -0.25) is 4.31 Å². The van der Waals surface area contributed by atoms with E-state index in [1.807, 2.05) is 0 Å². The topological polar surface area (TPSA) is 76.1 Å². The van der Waals surface area contributed by atoms with Gasteiger partial charge in [-0.2, -0.15) is 0 Å². The SMILES string of the molecule is COc1cc(S(=O)(=O)N2c3cc(OCc4c(F)cccc4Cl)ccc3C=C(CO)[C@H]2C)ccc1F. The molecule has 184 valence electrons. The van der Waals surface area contributed by atoms with Crippen molar-refractivity contribution in [3.8, 4) is 11.5 Å². The number of benzene rings is 3. The molecule has 1 atom stereocenters. The maximum absolute atomic E-state index is 14.1.